The van der Waals surface area contributed by atoms with Gasteiger partial charge in [-0.05, 0) is 53.4 Å². The molecule has 0 aliphatic carbocycles. The first-order valence-corrected chi connectivity index (χ1v) is 10.6. The Bertz CT molecular complexity index is 1140. The predicted molar refractivity (Wildman–Crippen MR) is 120 cm³/mol. The number of para-hydroxylation sites is 1. The maximum absolute atomic E-state index is 13.4. The summed E-state index contributed by atoms with van der Waals surface area (Å²) in [7, 11) is 0. The summed E-state index contributed by atoms with van der Waals surface area (Å²) >= 11 is 7.53. The second-order valence-electron chi connectivity index (χ2n) is 7.10. The van der Waals surface area contributed by atoms with Gasteiger partial charge in [-0.25, -0.2) is 4.98 Å². The van der Waals surface area contributed by atoms with E-state index in [1.807, 2.05) is 18.2 Å². The SMILES string of the molecule is CC(C)c1cccc2sc(N(Cc3cccnc3)C(=O)c3ccc(Cl)cc3)nc12. The zero-order valence-corrected chi connectivity index (χ0v) is 17.7. The van der Waals surface area contributed by atoms with Crippen molar-refractivity contribution in [1.82, 2.24) is 9.97 Å². The van der Waals surface area contributed by atoms with Crippen LogP contribution in [0.3, 0.4) is 0 Å². The van der Waals surface area contributed by atoms with Gasteiger partial charge in [-0.2, -0.15) is 0 Å². The Labute approximate surface area is 178 Å². The van der Waals surface area contributed by atoms with Crippen LogP contribution >= 0.6 is 22.9 Å². The second-order valence-corrected chi connectivity index (χ2v) is 8.55. The molecule has 0 saturated heterocycles. The highest BCUT2D eigenvalue weighted by Crippen LogP contribution is 2.34. The predicted octanol–water partition coefficient (Wildman–Crippen LogP) is 6.32. The highest BCUT2D eigenvalue weighted by Gasteiger charge is 2.23. The van der Waals surface area contributed by atoms with Gasteiger partial charge in [0.1, 0.15) is 0 Å². The molecule has 2 aromatic carbocycles. The quantitative estimate of drug-likeness (QED) is 0.379. The average Bonchev–Trinajstić information content (AvgIpc) is 3.16. The van der Waals surface area contributed by atoms with E-state index in [9.17, 15) is 4.79 Å². The maximum Gasteiger partial charge on any atom is 0.260 e. The van der Waals surface area contributed by atoms with Crippen molar-refractivity contribution in [3.8, 4) is 0 Å². The van der Waals surface area contributed by atoms with E-state index in [-0.39, 0.29) is 5.91 Å². The van der Waals surface area contributed by atoms with E-state index >= 15 is 0 Å². The maximum atomic E-state index is 13.4. The zero-order valence-electron chi connectivity index (χ0n) is 16.2. The molecule has 29 heavy (non-hydrogen) atoms. The Morgan fingerprint density at radius 1 is 1.10 bits per heavy atom. The fourth-order valence-corrected chi connectivity index (χ4v) is 4.31. The van der Waals surface area contributed by atoms with Gasteiger partial charge < -0.3 is 0 Å². The van der Waals surface area contributed by atoms with Crippen molar-refractivity contribution in [2.45, 2.75) is 26.3 Å². The third-order valence-electron chi connectivity index (χ3n) is 4.69. The van der Waals surface area contributed by atoms with Crippen LogP contribution in [0.4, 0.5) is 5.13 Å². The summed E-state index contributed by atoms with van der Waals surface area (Å²) in [6.45, 7) is 4.70. The summed E-state index contributed by atoms with van der Waals surface area (Å²) in [4.78, 5) is 24.2. The Kier molecular flexibility index (Phi) is 5.60. The molecular weight excluding hydrogens is 402 g/mol. The van der Waals surface area contributed by atoms with E-state index < -0.39 is 0 Å². The zero-order chi connectivity index (χ0) is 20.4. The van der Waals surface area contributed by atoms with Crippen LogP contribution in [0, 0.1) is 0 Å². The third kappa shape index (κ3) is 4.16. The number of anilines is 1. The van der Waals surface area contributed by atoms with Crippen LogP contribution in [0.25, 0.3) is 10.2 Å². The van der Waals surface area contributed by atoms with Crippen molar-refractivity contribution in [3.05, 3.63) is 88.7 Å². The molecule has 2 aromatic heterocycles. The number of hydrogen-bond acceptors (Lipinski definition) is 4. The topological polar surface area (TPSA) is 46.1 Å². The first-order valence-electron chi connectivity index (χ1n) is 9.38. The average molecular weight is 422 g/mol. The Morgan fingerprint density at radius 3 is 2.59 bits per heavy atom. The molecule has 146 valence electrons. The molecule has 1 amide bonds. The summed E-state index contributed by atoms with van der Waals surface area (Å²) in [6, 6.07) is 17.0. The van der Waals surface area contributed by atoms with E-state index in [2.05, 4.69) is 31.0 Å². The molecule has 0 aliphatic rings. The molecule has 0 bridgehead atoms. The molecule has 4 aromatic rings. The lowest BCUT2D eigenvalue weighted by Crippen LogP contribution is -2.30. The lowest BCUT2D eigenvalue weighted by atomic mass is 10.0. The molecule has 0 fully saturated rings. The standard InChI is InChI=1S/C23H20ClN3OS/c1-15(2)19-6-3-7-20-21(19)26-23(29-20)27(14-16-5-4-12-25-13-16)22(28)17-8-10-18(24)11-9-17/h3-13,15H,14H2,1-2H3. The number of benzene rings is 2. The van der Waals surface area contributed by atoms with Crippen molar-refractivity contribution in [3.63, 3.8) is 0 Å². The number of pyridine rings is 1. The van der Waals surface area contributed by atoms with Gasteiger partial charge >= 0.3 is 0 Å². The fraction of sp³-hybridized carbons (Fsp3) is 0.174. The van der Waals surface area contributed by atoms with Gasteiger partial charge in [0, 0.05) is 23.0 Å². The molecule has 2 heterocycles. The molecule has 4 nitrogen and oxygen atoms in total. The number of halogens is 1. The smallest absolute Gasteiger partial charge is 0.260 e. The number of aromatic nitrogens is 2. The number of fused-ring (bicyclic) bond motifs is 1. The van der Waals surface area contributed by atoms with Crippen molar-refractivity contribution >= 4 is 44.2 Å². The molecule has 0 radical (unpaired) electrons. The third-order valence-corrected chi connectivity index (χ3v) is 5.99. The van der Waals surface area contributed by atoms with Gasteiger partial charge in [-0.15, -0.1) is 0 Å². The van der Waals surface area contributed by atoms with E-state index in [1.54, 1.807) is 41.6 Å². The molecular formula is C23H20ClN3OS. The van der Waals surface area contributed by atoms with Gasteiger partial charge in [0.15, 0.2) is 5.13 Å². The van der Waals surface area contributed by atoms with Crippen LogP contribution in [0.5, 0.6) is 0 Å². The largest absolute Gasteiger partial charge is 0.279 e. The summed E-state index contributed by atoms with van der Waals surface area (Å²) in [5, 5.41) is 1.28. The lowest BCUT2D eigenvalue weighted by Gasteiger charge is -2.20. The van der Waals surface area contributed by atoms with E-state index in [1.165, 1.54) is 16.9 Å². The molecule has 0 atom stereocenters. The minimum Gasteiger partial charge on any atom is -0.279 e. The highest BCUT2D eigenvalue weighted by molar-refractivity contribution is 7.22. The summed E-state index contributed by atoms with van der Waals surface area (Å²) in [5.74, 6) is 0.239. The van der Waals surface area contributed by atoms with Gasteiger partial charge in [0.25, 0.3) is 5.91 Å². The van der Waals surface area contributed by atoms with Crippen LogP contribution in [0.2, 0.25) is 5.02 Å². The van der Waals surface area contributed by atoms with Gasteiger partial charge in [-0.1, -0.05) is 55.0 Å². The van der Waals surface area contributed by atoms with E-state index in [0.29, 0.717) is 28.2 Å². The van der Waals surface area contributed by atoms with Crippen molar-refractivity contribution < 1.29 is 4.79 Å². The number of carbonyl (C=O) groups excluding carboxylic acids is 1. The van der Waals surface area contributed by atoms with E-state index in [0.717, 1.165) is 15.8 Å². The molecule has 0 aliphatic heterocycles. The van der Waals surface area contributed by atoms with Crippen LogP contribution < -0.4 is 4.90 Å². The number of rotatable bonds is 5. The second kappa shape index (κ2) is 8.31. The molecule has 0 saturated carbocycles. The molecule has 4 rings (SSSR count). The minimum atomic E-state index is -0.115. The summed E-state index contributed by atoms with van der Waals surface area (Å²) in [5.41, 5.74) is 3.66. The van der Waals surface area contributed by atoms with Crippen LogP contribution in [-0.4, -0.2) is 15.9 Å². The van der Waals surface area contributed by atoms with Gasteiger partial charge in [-0.3, -0.25) is 14.7 Å². The molecule has 0 unspecified atom stereocenters. The number of amides is 1. The van der Waals surface area contributed by atoms with Crippen molar-refractivity contribution in [2.24, 2.45) is 0 Å². The lowest BCUT2D eigenvalue weighted by molar-refractivity contribution is 0.0985. The summed E-state index contributed by atoms with van der Waals surface area (Å²) < 4.78 is 1.08. The minimum absolute atomic E-state index is 0.115. The Balaban J connectivity index is 1.79. The number of hydrogen-bond donors (Lipinski definition) is 0. The first-order chi connectivity index (χ1) is 14.0. The highest BCUT2D eigenvalue weighted by atomic mass is 35.5. The number of thiazole rings is 1. The molecule has 6 heteroatoms. The number of carbonyl (C=O) groups is 1. The summed E-state index contributed by atoms with van der Waals surface area (Å²) in [6.07, 6.45) is 3.50. The molecule has 0 spiro atoms. The van der Waals surface area contributed by atoms with Crippen LogP contribution in [0.15, 0.2) is 67.0 Å². The van der Waals surface area contributed by atoms with Gasteiger partial charge in [0.05, 0.1) is 16.8 Å². The normalized spacial score (nSPS) is 11.2. The van der Waals surface area contributed by atoms with E-state index in [4.69, 9.17) is 16.6 Å². The Morgan fingerprint density at radius 2 is 1.90 bits per heavy atom. The van der Waals surface area contributed by atoms with Gasteiger partial charge in [0.2, 0.25) is 0 Å². The van der Waals surface area contributed by atoms with Crippen molar-refractivity contribution in [1.29, 1.82) is 0 Å². The van der Waals surface area contributed by atoms with Crippen LogP contribution in [-0.2, 0) is 6.54 Å². The number of nitrogens with zero attached hydrogens (tertiary/aromatic N) is 3. The first kappa shape index (κ1) is 19.6. The molecule has 0 N–H and O–H groups in total. The van der Waals surface area contributed by atoms with Crippen molar-refractivity contribution in [2.75, 3.05) is 4.90 Å². The van der Waals surface area contributed by atoms with Crippen LogP contribution in [0.1, 0.15) is 41.3 Å². The fourth-order valence-electron chi connectivity index (χ4n) is 3.19. The monoisotopic (exact) mass is 421 g/mol. The Hall–Kier alpha value is -2.76.